The van der Waals surface area contributed by atoms with Crippen LogP contribution >= 0.6 is 0 Å². The Morgan fingerprint density at radius 1 is 1.42 bits per heavy atom. The molecule has 0 bridgehead atoms. The third-order valence-corrected chi connectivity index (χ3v) is 3.56. The van der Waals surface area contributed by atoms with Crippen LogP contribution in [0.2, 0.25) is 0 Å². The molecular formula is C17H23NO6. The van der Waals surface area contributed by atoms with Gasteiger partial charge in [0, 0.05) is 25.8 Å². The zero-order valence-electron chi connectivity index (χ0n) is 14.2. The molecule has 1 amide bonds. The number of nitrogens with zero attached hydrogens (tertiary/aromatic N) is 1. The summed E-state index contributed by atoms with van der Waals surface area (Å²) < 4.78 is 16.2. The van der Waals surface area contributed by atoms with Crippen LogP contribution in [0.5, 0.6) is 5.75 Å². The second-order valence-electron chi connectivity index (χ2n) is 6.35. The van der Waals surface area contributed by atoms with E-state index in [1.165, 1.54) is 0 Å². The number of methoxy groups -OCH3 is 1. The number of amides is 1. The van der Waals surface area contributed by atoms with Gasteiger partial charge in [0.2, 0.25) is 0 Å². The monoisotopic (exact) mass is 337 g/mol. The Labute approximate surface area is 141 Å². The number of morpholine rings is 1. The van der Waals surface area contributed by atoms with Crippen molar-refractivity contribution < 1.29 is 28.9 Å². The number of rotatable bonds is 6. The molecule has 1 fully saturated rings. The predicted molar refractivity (Wildman–Crippen MR) is 86.3 cm³/mol. The van der Waals surface area contributed by atoms with Gasteiger partial charge in [0.05, 0.1) is 18.3 Å². The van der Waals surface area contributed by atoms with Crippen LogP contribution in [0.4, 0.5) is 0 Å². The van der Waals surface area contributed by atoms with Crippen molar-refractivity contribution >= 4 is 11.9 Å². The van der Waals surface area contributed by atoms with Gasteiger partial charge in [-0.25, -0.2) is 4.79 Å². The standard InChI is InChI=1S/C17H23NO6/c1-17(2)11-18(8-14(24-17)9-22-3)16(21)12-5-4-6-13(7-12)23-10-15(19)20/h4-7,14H,8-11H2,1-3H3,(H,19,20). The largest absolute Gasteiger partial charge is 0.482 e. The molecule has 0 spiro atoms. The summed E-state index contributed by atoms with van der Waals surface area (Å²) in [6.07, 6.45) is -0.186. The minimum absolute atomic E-state index is 0.145. The molecule has 132 valence electrons. The Morgan fingerprint density at radius 2 is 2.17 bits per heavy atom. The topological polar surface area (TPSA) is 85.3 Å². The second-order valence-corrected chi connectivity index (χ2v) is 6.35. The summed E-state index contributed by atoms with van der Waals surface area (Å²) in [7, 11) is 1.60. The van der Waals surface area contributed by atoms with Crippen LogP contribution < -0.4 is 4.74 Å². The van der Waals surface area contributed by atoms with Crippen LogP contribution in [-0.2, 0) is 14.3 Å². The van der Waals surface area contributed by atoms with E-state index in [1.807, 2.05) is 13.8 Å². The van der Waals surface area contributed by atoms with Gasteiger partial charge in [-0.1, -0.05) is 6.07 Å². The van der Waals surface area contributed by atoms with Crippen molar-refractivity contribution in [2.75, 3.05) is 33.4 Å². The van der Waals surface area contributed by atoms with Gasteiger partial charge in [-0.15, -0.1) is 0 Å². The molecule has 1 atom stereocenters. The molecule has 2 rings (SSSR count). The van der Waals surface area contributed by atoms with E-state index < -0.39 is 18.2 Å². The highest BCUT2D eigenvalue weighted by Gasteiger charge is 2.35. The zero-order chi connectivity index (χ0) is 17.7. The molecule has 1 N–H and O–H groups in total. The third-order valence-electron chi connectivity index (χ3n) is 3.56. The lowest BCUT2D eigenvalue weighted by atomic mass is 10.0. The molecule has 1 aliphatic rings. The number of benzene rings is 1. The quantitative estimate of drug-likeness (QED) is 0.845. The first-order chi connectivity index (χ1) is 11.3. The highest BCUT2D eigenvalue weighted by Crippen LogP contribution is 2.24. The zero-order valence-corrected chi connectivity index (χ0v) is 14.2. The Morgan fingerprint density at radius 3 is 2.83 bits per heavy atom. The number of carbonyl (C=O) groups is 2. The first-order valence-corrected chi connectivity index (χ1v) is 7.71. The lowest BCUT2D eigenvalue weighted by molar-refractivity contribution is -0.143. The molecule has 1 heterocycles. The van der Waals surface area contributed by atoms with Crippen molar-refractivity contribution in [1.82, 2.24) is 4.90 Å². The summed E-state index contributed by atoms with van der Waals surface area (Å²) in [4.78, 5) is 25.1. The molecule has 1 aromatic carbocycles. The molecule has 0 aliphatic carbocycles. The molecular weight excluding hydrogens is 314 g/mol. The SMILES string of the molecule is COCC1CN(C(=O)c2cccc(OCC(=O)O)c2)CC(C)(C)O1. The number of hydrogen-bond acceptors (Lipinski definition) is 5. The van der Waals surface area contributed by atoms with Gasteiger partial charge >= 0.3 is 5.97 Å². The predicted octanol–water partition coefficient (Wildman–Crippen LogP) is 1.42. The lowest BCUT2D eigenvalue weighted by Crippen LogP contribution is -2.55. The van der Waals surface area contributed by atoms with Crippen LogP contribution in [-0.4, -0.2) is 67.0 Å². The molecule has 0 saturated carbocycles. The minimum Gasteiger partial charge on any atom is -0.482 e. The van der Waals surface area contributed by atoms with Crippen LogP contribution in [0.1, 0.15) is 24.2 Å². The van der Waals surface area contributed by atoms with Gasteiger partial charge in [0.25, 0.3) is 5.91 Å². The Bertz CT molecular complexity index is 600. The smallest absolute Gasteiger partial charge is 0.341 e. The average Bonchev–Trinajstić information content (AvgIpc) is 2.51. The number of hydrogen-bond donors (Lipinski definition) is 1. The van der Waals surface area contributed by atoms with Crippen molar-refractivity contribution in [1.29, 1.82) is 0 Å². The average molecular weight is 337 g/mol. The fraction of sp³-hybridized carbons (Fsp3) is 0.529. The normalized spacial score (nSPS) is 19.8. The highest BCUT2D eigenvalue weighted by atomic mass is 16.5. The molecule has 7 nitrogen and oxygen atoms in total. The second kappa shape index (κ2) is 7.63. The van der Waals surface area contributed by atoms with E-state index in [-0.39, 0.29) is 12.0 Å². The third kappa shape index (κ3) is 4.94. The van der Waals surface area contributed by atoms with E-state index in [2.05, 4.69) is 0 Å². The minimum atomic E-state index is -1.07. The Balaban J connectivity index is 2.12. The molecule has 0 aromatic heterocycles. The maximum Gasteiger partial charge on any atom is 0.341 e. The van der Waals surface area contributed by atoms with Gasteiger partial charge < -0.3 is 24.2 Å². The van der Waals surface area contributed by atoms with Crippen molar-refractivity contribution in [3.63, 3.8) is 0 Å². The van der Waals surface area contributed by atoms with Gasteiger partial charge in [0.15, 0.2) is 6.61 Å². The molecule has 1 aromatic rings. The molecule has 0 radical (unpaired) electrons. The molecule has 1 unspecified atom stereocenters. The summed E-state index contributed by atoms with van der Waals surface area (Å²) in [5.41, 5.74) is -0.0131. The van der Waals surface area contributed by atoms with Gasteiger partial charge in [0.1, 0.15) is 5.75 Å². The van der Waals surface area contributed by atoms with E-state index in [0.29, 0.717) is 31.0 Å². The van der Waals surface area contributed by atoms with E-state index in [1.54, 1.807) is 36.3 Å². The first kappa shape index (κ1) is 18.2. The van der Waals surface area contributed by atoms with Gasteiger partial charge in [-0.2, -0.15) is 0 Å². The van der Waals surface area contributed by atoms with Crippen LogP contribution in [0.3, 0.4) is 0 Å². The summed E-state index contributed by atoms with van der Waals surface area (Å²) in [6.45, 7) is 4.73. The number of carboxylic acid groups (broad SMARTS) is 1. The van der Waals surface area contributed by atoms with E-state index in [0.717, 1.165) is 0 Å². The van der Waals surface area contributed by atoms with Crippen molar-refractivity contribution in [2.24, 2.45) is 0 Å². The van der Waals surface area contributed by atoms with Crippen LogP contribution in [0, 0.1) is 0 Å². The molecule has 1 saturated heterocycles. The fourth-order valence-electron chi connectivity index (χ4n) is 2.77. The molecule has 1 aliphatic heterocycles. The number of aliphatic carboxylic acids is 1. The van der Waals surface area contributed by atoms with Gasteiger partial charge in [-0.3, -0.25) is 4.79 Å². The molecule has 24 heavy (non-hydrogen) atoms. The summed E-state index contributed by atoms with van der Waals surface area (Å²) in [5, 5.41) is 8.67. The van der Waals surface area contributed by atoms with Crippen molar-refractivity contribution in [2.45, 2.75) is 25.6 Å². The lowest BCUT2D eigenvalue weighted by Gasteiger charge is -2.42. The van der Waals surface area contributed by atoms with E-state index in [9.17, 15) is 9.59 Å². The van der Waals surface area contributed by atoms with Crippen LogP contribution in [0.25, 0.3) is 0 Å². The number of carbonyl (C=O) groups excluding carboxylic acids is 1. The van der Waals surface area contributed by atoms with Crippen molar-refractivity contribution in [3.05, 3.63) is 29.8 Å². The van der Waals surface area contributed by atoms with E-state index >= 15 is 0 Å². The maximum absolute atomic E-state index is 12.8. The Hall–Kier alpha value is -2.12. The summed E-state index contributed by atoms with van der Waals surface area (Å²) in [6, 6.07) is 6.53. The number of carboxylic acids is 1. The summed E-state index contributed by atoms with van der Waals surface area (Å²) in [5.74, 6) is -0.860. The highest BCUT2D eigenvalue weighted by molar-refractivity contribution is 5.94. The Kier molecular flexibility index (Phi) is 5.80. The molecule has 7 heteroatoms. The maximum atomic E-state index is 12.8. The van der Waals surface area contributed by atoms with Crippen molar-refractivity contribution in [3.8, 4) is 5.75 Å². The number of ether oxygens (including phenoxy) is 3. The first-order valence-electron chi connectivity index (χ1n) is 7.71. The summed E-state index contributed by atoms with van der Waals surface area (Å²) >= 11 is 0. The van der Waals surface area contributed by atoms with E-state index in [4.69, 9.17) is 19.3 Å². The van der Waals surface area contributed by atoms with Gasteiger partial charge in [-0.05, 0) is 32.0 Å². The fourth-order valence-corrected chi connectivity index (χ4v) is 2.77. The van der Waals surface area contributed by atoms with Crippen LogP contribution in [0.15, 0.2) is 24.3 Å².